The average molecular weight is 2350 g/mol. The number of amides is 7. The fourth-order valence-corrected chi connectivity index (χ4v) is 16.0. The van der Waals surface area contributed by atoms with E-state index in [0.717, 1.165) is 121 Å². The molecule has 0 aliphatic carbocycles. The molecule has 0 atom stereocenters. The van der Waals surface area contributed by atoms with Crippen molar-refractivity contribution >= 4 is 252 Å². The molecule has 3 aliphatic rings. The lowest BCUT2D eigenvalue weighted by atomic mass is 10.1. The van der Waals surface area contributed by atoms with Gasteiger partial charge in [0.25, 0.3) is 35.4 Å². The Balaban J connectivity index is 0.00000135. The number of nitrogens with two attached hydrogens (primary N) is 1. The Morgan fingerprint density at radius 2 is 0.738 bits per heavy atom. The van der Waals surface area contributed by atoms with Crippen LogP contribution in [0.3, 0.4) is 0 Å². The zero-order valence-electron chi connectivity index (χ0n) is 53.2. The van der Waals surface area contributed by atoms with Gasteiger partial charge < -0.3 is 80.7 Å². The van der Waals surface area contributed by atoms with E-state index < -0.39 is 91.7 Å². The number of hydroxylamine groups is 6. The van der Waals surface area contributed by atoms with Crippen LogP contribution in [0.5, 0.6) is 34.5 Å². The van der Waals surface area contributed by atoms with Crippen LogP contribution in [0.25, 0.3) is 0 Å². The second-order valence-electron chi connectivity index (χ2n) is 20.3. The molecule has 0 unspecified atom stereocenters. The van der Waals surface area contributed by atoms with Crippen molar-refractivity contribution < 1.29 is 127 Å². The molecule has 3 aliphatic heterocycles. The predicted molar refractivity (Wildman–Crippen MR) is 435 cm³/mol. The van der Waals surface area contributed by atoms with Gasteiger partial charge in [0.05, 0.1) is 54.6 Å². The highest BCUT2D eigenvalue weighted by Gasteiger charge is 2.34. The maximum atomic E-state index is 11.0. The van der Waals surface area contributed by atoms with Crippen LogP contribution < -0.4 is 35.3 Å². The first-order chi connectivity index (χ1) is 47.8. The van der Waals surface area contributed by atoms with Crippen molar-refractivity contribution in [2.75, 3.05) is 65.8 Å². The zero-order chi connectivity index (χ0) is 75.9. The number of nitrogens with zero attached hydrogens (tertiary/aromatic N) is 3. The summed E-state index contributed by atoms with van der Waals surface area (Å²) in [5, 5.41) is 73.5. The molecule has 40 heteroatoms. The van der Waals surface area contributed by atoms with Crippen LogP contribution in [-0.2, 0) is 80.1 Å². The van der Waals surface area contributed by atoms with Crippen LogP contribution >= 0.6 is 181 Å². The summed E-state index contributed by atoms with van der Waals surface area (Å²) >= 11 is 17.7. The summed E-state index contributed by atoms with van der Waals surface area (Å²) in [7, 11) is 0. The number of ether oxygens (including phenoxy) is 4. The van der Waals surface area contributed by atoms with Crippen molar-refractivity contribution in [2.45, 2.75) is 111 Å². The van der Waals surface area contributed by atoms with Crippen LogP contribution in [0.15, 0.2) is 48.5 Å². The Kier molecular flexibility index (Phi) is 52.3. The minimum atomic E-state index is -1.19. The summed E-state index contributed by atoms with van der Waals surface area (Å²) in [5.74, 6) is -3.89. The first kappa shape index (κ1) is 98.9. The molecular formula is C63H78I8N6O26. The molecule has 3 fully saturated rings. The lowest BCUT2D eigenvalue weighted by Gasteiger charge is -2.15. The number of benzene rings is 4. The molecule has 7 rings (SSSR count). The van der Waals surface area contributed by atoms with Gasteiger partial charge in [-0.2, -0.15) is 5.06 Å². The number of halogens is 8. The molecule has 103 heavy (non-hydrogen) atoms. The van der Waals surface area contributed by atoms with Crippen molar-refractivity contribution in [1.82, 2.24) is 25.8 Å². The maximum absolute atomic E-state index is 11.0. The molecule has 7 amide bonds. The second kappa shape index (κ2) is 54.5. The molecule has 0 bridgehead atoms. The molecule has 12 N–H and O–H groups in total. The molecule has 572 valence electrons. The standard InChI is InChI=1S/C23H25I4NO6.C20H22I4N2O4.2C6H7NO5.C4H5NO3.C2H4O3.2CH4/c24-16-8-14(10-21(31)32)9-17(25)23(16)34-15-11-18(26)22(19(27)12-15)33-7-5-3-1-2-4-6-28-20(30)13-29;21-14-7-12(9-18(27)28)8-15(22)20(14)30-13-10-16(23)19(17(24)11-13)29-6-2-5-26-4-1-3-25;2*8-3-6(11)12-7-4(9)1-2-5(7)10;6-3-1-2-4(7)5(3)8;3-1-2(4)5;;/h8-9,11-12,29H,1-7,10,13H2,(H,28,30)(H,31,32);7-8,10-11,26H,1-6,9,25H2,(H,27,28);2*8H,1-3H2;8H,1-2H2;3H,1H2,(H,4,5);2*1H4. The summed E-state index contributed by atoms with van der Waals surface area (Å²) in [6.45, 7) is 1.49. The predicted octanol–water partition coefficient (Wildman–Crippen LogP) is 8.23. The van der Waals surface area contributed by atoms with E-state index in [1.165, 1.54) is 0 Å². The number of hydrogen-bond donors (Lipinski definition) is 11. The monoisotopic (exact) mass is 2350 g/mol. The minimum absolute atomic E-state index is 0. The Bertz CT molecular complexity index is 3350. The Morgan fingerprint density at radius 1 is 0.417 bits per heavy atom. The molecule has 0 aromatic heterocycles. The van der Waals surface area contributed by atoms with E-state index in [0.29, 0.717) is 47.9 Å². The minimum Gasteiger partial charge on any atom is -0.491 e. The van der Waals surface area contributed by atoms with Crippen LogP contribution in [0.1, 0.15) is 109 Å². The van der Waals surface area contributed by atoms with Crippen LogP contribution in [0.4, 0.5) is 0 Å². The van der Waals surface area contributed by atoms with Crippen LogP contribution in [-0.4, -0.2) is 193 Å². The van der Waals surface area contributed by atoms with Gasteiger partial charge in [-0.3, -0.25) is 48.4 Å². The van der Waals surface area contributed by atoms with E-state index >= 15 is 0 Å². The van der Waals surface area contributed by atoms with Crippen molar-refractivity contribution in [3.05, 3.63) is 88.2 Å². The third kappa shape index (κ3) is 39.0. The number of hydrogen-bond acceptors (Lipinski definition) is 25. The zero-order valence-corrected chi connectivity index (χ0v) is 70.4. The highest BCUT2D eigenvalue weighted by atomic mass is 127. The molecular weight excluding hydrogens is 2270 g/mol. The van der Waals surface area contributed by atoms with Gasteiger partial charge in [-0.25, -0.2) is 14.4 Å². The molecule has 3 saturated heterocycles. The molecule has 0 radical (unpaired) electrons. The molecule has 4 aromatic rings. The smallest absolute Gasteiger partial charge is 0.358 e. The number of aliphatic hydroxyl groups excluding tert-OH is 4. The number of rotatable bonds is 31. The largest absolute Gasteiger partial charge is 0.491 e. The van der Waals surface area contributed by atoms with E-state index in [1.807, 2.05) is 48.5 Å². The summed E-state index contributed by atoms with van der Waals surface area (Å²) in [6.07, 6.45) is 7.41. The maximum Gasteiger partial charge on any atom is 0.358 e. The average Bonchev–Trinajstić information content (AvgIpc) is 1.75. The van der Waals surface area contributed by atoms with Crippen molar-refractivity contribution in [3.63, 3.8) is 0 Å². The molecule has 32 nitrogen and oxygen atoms in total. The highest BCUT2D eigenvalue weighted by molar-refractivity contribution is 14.1. The van der Waals surface area contributed by atoms with E-state index in [-0.39, 0.29) is 77.2 Å². The number of nitrogens with one attached hydrogen (secondary N) is 2. The molecule has 4 aromatic carbocycles. The Morgan fingerprint density at radius 3 is 1.05 bits per heavy atom. The van der Waals surface area contributed by atoms with Crippen molar-refractivity contribution in [1.29, 1.82) is 0 Å². The van der Waals surface area contributed by atoms with Crippen LogP contribution in [0, 0.1) is 28.6 Å². The summed E-state index contributed by atoms with van der Waals surface area (Å²) in [4.78, 5) is 135. The van der Waals surface area contributed by atoms with Gasteiger partial charge in [0.1, 0.15) is 49.4 Å². The van der Waals surface area contributed by atoms with Gasteiger partial charge in [0.15, 0.2) is 11.5 Å². The normalized spacial score (nSPS) is 12.6. The van der Waals surface area contributed by atoms with Crippen molar-refractivity contribution in [2.24, 2.45) is 5.73 Å². The number of carboxylic acid groups (broad SMARTS) is 3. The summed E-state index contributed by atoms with van der Waals surface area (Å²) in [5.41, 5.74) is 6.98. The van der Waals surface area contributed by atoms with E-state index in [4.69, 9.17) is 70.4 Å². The number of unbranched alkanes of at least 4 members (excludes halogenated alkanes) is 4. The first-order valence-electron chi connectivity index (χ1n) is 29.8. The Labute approximate surface area is 702 Å². The topological polar surface area (TPSA) is 482 Å². The summed E-state index contributed by atoms with van der Waals surface area (Å²) in [6, 6.07) is 15.2. The first-order valence-corrected chi connectivity index (χ1v) is 38.4. The molecule has 0 spiro atoms. The van der Waals surface area contributed by atoms with Gasteiger partial charge >= 0.3 is 29.8 Å². The van der Waals surface area contributed by atoms with Gasteiger partial charge in [-0.15, -0.1) is 10.1 Å². The van der Waals surface area contributed by atoms with Gasteiger partial charge in [0.2, 0.25) is 5.91 Å². The summed E-state index contributed by atoms with van der Waals surface area (Å²) < 4.78 is 31.7. The lowest BCUT2D eigenvalue weighted by Crippen LogP contribution is -2.33. The highest BCUT2D eigenvalue weighted by Crippen LogP contribution is 2.39. The third-order valence-electron chi connectivity index (χ3n) is 12.4. The van der Waals surface area contributed by atoms with E-state index in [9.17, 15) is 52.7 Å². The number of carboxylic acids is 3. The SMILES string of the molecule is C.C.NCCCNCCCOc1c(I)cc(Oc2c(I)cc(CC(=O)O)cc2I)cc1I.O=C(CO)ON1C(=O)CCC1=O.O=C(CO)ON1C(=O)CCC1=O.O=C(O)CO.O=C(O)Cc1cc(I)c(Oc2cc(I)c(OCCCCCCCNC(=O)CO)c(I)c2)c(I)c1.O=C1CCC(=O)N1O. The number of aliphatic hydroxyl groups is 4. The molecule has 3 heterocycles. The van der Waals surface area contributed by atoms with Crippen molar-refractivity contribution in [3.8, 4) is 34.5 Å². The Hall–Kier alpha value is -4.12. The third-order valence-corrected chi connectivity index (χ3v) is 18.8. The lowest BCUT2D eigenvalue weighted by molar-refractivity contribution is -0.199. The number of carbonyl (C=O) groups is 12. The molecule has 0 saturated carbocycles. The van der Waals surface area contributed by atoms with Gasteiger partial charge in [-0.05, 0) is 286 Å². The second-order valence-corrected chi connectivity index (χ2v) is 29.6. The van der Waals surface area contributed by atoms with E-state index in [2.05, 4.69) is 201 Å². The fraction of sp³-hybridized carbons (Fsp3) is 0.429. The van der Waals surface area contributed by atoms with Crippen LogP contribution in [0.2, 0.25) is 0 Å². The number of carbonyl (C=O) groups excluding carboxylic acids is 9. The van der Waals surface area contributed by atoms with Gasteiger partial charge in [0, 0.05) is 45.1 Å². The fourth-order valence-electron chi connectivity index (χ4n) is 7.76. The quantitative estimate of drug-likeness (QED) is 0.00977. The van der Waals surface area contributed by atoms with E-state index in [1.54, 1.807) is 0 Å². The van der Waals surface area contributed by atoms with Gasteiger partial charge in [-0.1, -0.05) is 34.1 Å². The number of imide groups is 3. The number of aliphatic carboxylic acids is 3.